The van der Waals surface area contributed by atoms with Gasteiger partial charge in [0, 0.05) is 20.0 Å². The molecule has 3 rings (SSSR count). The molecule has 7 heteroatoms. The molecule has 0 saturated carbocycles. The van der Waals surface area contributed by atoms with Gasteiger partial charge in [-0.3, -0.25) is 4.79 Å². The van der Waals surface area contributed by atoms with E-state index in [1.807, 2.05) is 12.1 Å². The minimum atomic E-state index is -0.517. The maximum absolute atomic E-state index is 12.4. The summed E-state index contributed by atoms with van der Waals surface area (Å²) in [4.78, 5) is 20.2. The maximum atomic E-state index is 12.4. The Labute approximate surface area is 133 Å². The number of hydrogen-bond acceptors (Lipinski definition) is 5. The van der Waals surface area contributed by atoms with E-state index in [2.05, 4.69) is 9.97 Å². The number of fused-ring (bicyclic) bond motifs is 1. The van der Waals surface area contributed by atoms with Gasteiger partial charge in [-0.25, -0.2) is 9.97 Å². The average Bonchev–Trinajstić information content (AvgIpc) is 3.15. The predicted molar refractivity (Wildman–Crippen MR) is 83.1 cm³/mol. The fourth-order valence-electron chi connectivity index (χ4n) is 2.69. The van der Waals surface area contributed by atoms with Crippen molar-refractivity contribution in [2.24, 2.45) is 7.05 Å². The van der Waals surface area contributed by atoms with Gasteiger partial charge in [-0.1, -0.05) is 12.8 Å². The second kappa shape index (κ2) is 6.68. The van der Waals surface area contributed by atoms with E-state index in [4.69, 9.17) is 4.42 Å². The van der Waals surface area contributed by atoms with E-state index in [9.17, 15) is 9.90 Å². The molecule has 0 fully saturated rings. The van der Waals surface area contributed by atoms with Crippen molar-refractivity contribution in [3.8, 4) is 6.01 Å². The number of rotatable bonds is 7. The second-order valence-electron chi connectivity index (χ2n) is 5.62. The first-order chi connectivity index (χ1) is 11.2. The van der Waals surface area contributed by atoms with Crippen molar-refractivity contribution in [1.82, 2.24) is 19.1 Å². The SMILES string of the molecule is Cn1cnc2nc([O-])n(CCCCCCc3ccco3)c(=O)c21. The lowest BCUT2D eigenvalue weighted by atomic mass is 10.1. The van der Waals surface area contributed by atoms with Crippen LogP contribution in [-0.4, -0.2) is 19.1 Å². The van der Waals surface area contributed by atoms with Crippen molar-refractivity contribution in [3.05, 3.63) is 40.8 Å². The summed E-state index contributed by atoms with van der Waals surface area (Å²) in [6, 6.07) is 3.34. The smallest absolute Gasteiger partial charge is 0.279 e. The number of aromatic nitrogens is 4. The third-order valence-electron chi connectivity index (χ3n) is 3.93. The number of nitrogens with zero attached hydrogens (tertiary/aromatic N) is 4. The number of furan rings is 1. The zero-order valence-electron chi connectivity index (χ0n) is 13.1. The molecule has 0 unspecified atom stereocenters. The summed E-state index contributed by atoms with van der Waals surface area (Å²) >= 11 is 0. The molecule has 0 bridgehead atoms. The molecule has 0 atom stereocenters. The highest BCUT2D eigenvalue weighted by Gasteiger charge is 2.09. The van der Waals surface area contributed by atoms with Crippen LogP contribution in [0.4, 0.5) is 0 Å². The van der Waals surface area contributed by atoms with Crippen molar-refractivity contribution in [3.63, 3.8) is 0 Å². The Balaban J connectivity index is 1.55. The molecule has 3 aromatic rings. The molecule has 0 N–H and O–H groups in total. The van der Waals surface area contributed by atoms with Crippen LogP contribution in [0.25, 0.3) is 11.2 Å². The number of aryl methyl sites for hydroxylation is 2. The highest BCUT2D eigenvalue weighted by atomic mass is 16.3. The van der Waals surface area contributed by atoms with Crippen LogP contribution in [0.5, 0.6) is 6.01 Å². The molecule has 0 aliphatic rings. The van der Waals surface area contributed by atoms with Crippen LogP contribution in [0.3, 0.4) is 0 Å². The van der Waals surface area contributed by atoms with E-state index in [1.54, 1.807) is 17.9 Å². The molecule has 0 aromatic carbocycles. The van der Waals surface area contributed by atoms with Gasteiger partial charge in [-0.2, -0.15) is 0 Å². The Bertz CT molecular complexity index is 833. The van der Waals surface area contributed by atoms with Crippen LogP contribution in [0.15, 0.2) is 33.9 Å². The van der Waals surface area contributed by atoms with E-state index in [0.29, 0.717) is 12.1 Å². The molecule has 0 spiro atoms. The summed E-state index contributed by atoms with van der Waals surface area (Å²) in [6.45, 7) is 0.395. The van der Waals surface area contributed by atoms with E-state index in [1.165, 1.54) is 10.9 Å². The lowest BCUT2D eigenvalue weighted by Crippen LogP contribution is -2.26. The second-order valence-corrected chi connectivity index (χ2v) is 5.62. The molecule has 3 aromatic heterocycles. The van der Waals surface area contributed by atoms with Gasteiger partial charge in [0.1, 0.15) is 5.76 Å². The first-order valence-electron chi connectivity index (χ1n) is 7.78. The molecule has 0 amide bonds. The van der Waals surface area contributed by atoms with Crippen molar-refractivity contribution < 1.29 is 9.52 Å². The lowest BCUT2D eigenvalue weighted by Gasteiger charge is -2.14. The van der Waals surface area contributed by atoms with Gasteiger partial charge in [0.2, 0.25) is 0 Å². The highest BCUT2D eigenvalue weighted by molar-refractivity contribution is 5.69. The van der Waals surface area contributed by atoms with E-state index in [-0.39, 0.29) is 11.2 Å². The van der Waals surface area contributed by atoms with Crippen LogP contribution in [-0.2, 0) is 20.0 Å². The largest absolute Gasteiger partial charge is 0.846 e. The normalized spacial score (nSPS) is 11.3. The fourth-order valence-corrected chi connectivity index (χ4v) is 2.69. The highest BCUT2D eigenvalue weighted by Crippen LogP contribution is 2.11. The first-order valence-corrected chi connectivity index (χ1v) is 7.78. The van der Waals surface area contributed by atoms with Crippen LogP contribution in [0, 0.1) is 0 Å². The Morgan fingerprint density at radius 3 is 2.87 bits per heavy atom. The monoisotopic (exact) mass is 315 g/mol. The van der Waals surface area contributed by atoms with Crippen molar-refractivity contribution >= 4 is 11.2 Å². The summed E-state index contributed by atoms with van der Waals surface area (Å²) < 4.78 is 8.09. The fraction of sp³-hybridized carbons (Fsp3) is 0.438. The molecular weight excluding hydrogens is 296 g/mol. The van der Waals surface area contributed by atoms with Crippen molar-refractivity contribution in [1.29, 1.82) is 0 Å². The van der Waals surface area contributed by atoms with Gasteiger partial charge in [0.15, 0.2) is 11.2 Å². The summed E-state index contributed by atoms with van der Waals surface area (Å²) in [5.74, 6) is 0.994. The minimum absolute atomic E-state index is 0.220. The zero-order chi connectivity index (χ0) is 16.2. The summed E-state index contributed by atoms with van der Waals surface area (Å²) in [6.07, 6.45) is 7.89. The topological polar surface area (TPSA) is 88.9 Å². The van der Waals surface area contributed by atoms with Gasteiger partial charge >= 0.3 is 0 Å². The Kier molecular flexibility index (Phi) is 4.45. The third-order valence-corrected chi connectivity index (χ3v) is 3.93. The van der Waals surface area contributed by atoms with Gasteiger partial charge in [0.25, 0.3) is 5.56 Å². The Morgan fingerprint density at radius 1 is 1.26 bits per heavy atom. The van der Waals surface area contributed by atoms with Gasteiger partial charge in [-0.15, -0.1) is 0 Å². The summed E-state index contributed by atoms with van der Waals surface area (Å²) in [5, 5.41) is 11.9. The van der Waals surface area contributed by atoms with E-state index in [0.717, 1.165) is 37.9 Å². The molecule has 0 radical (unpaired) electrons. The number of hydrogen-bond donors (Lipinski definition) is 0. The lowest BCUT2D eigenvalue weighted by molar-refractivity contribution is -0.286. The molecule has 0 saturated heterocycles. The van der Waals surface area contributed by atoms with Crippen molar-refractivity contribution in [2.45, 2.75) is 38.6 Å². The third kappa shape index (κ3) is 3.28. The maximum Gasteiger partial charge on any atom is 0.279 e. The minimum Gasteiger partial charge on any atom is -0.846 e. The van der Waals surface area contributed by atoms with Gasteiger partial charge in [0.05, 0.1) is 18.6 Å². The number of imidazole rings is 1. The molecule has 122 valence electrons. The number of unbranched alkanes of at least 4 members (excludes halogenated alkanes) is 3. The zero-order valence-corrected chi connectivity index (χ0v) is 13.1. The van der Waals surface area contributed by atoms with Gasteiger partial charge < -0.3 is 18.7 Å². The predicted octanol–water partition coefficient (Wildman–Crippen LogP) is 1.60. The van der Waals surface area contributed by atoms with Crippen LogP contribution in [0.1, 0.15) is 31.4 Å². The molecule has 3 heterocycles. The Morgan fingerprint density at radius 2 is 2.09 bits per heavy atom. The molecule has 23 heavy (non-hydrogen) atoms. The quantitative estimate of drug-likeness (QED) is 0.618. The summed E-state index contributed by atoms with van der Waals surface area (Å²) in [5.41, 5.74) is 0.287. The summed E-state index contributed by atoms with van der Waals surface area (Å²) in [7, 11) is 1.72. The Hall–Kier alpha value is -2.57. The molecule has 7 nitrogen and oxygen atoms in total. The van der Waals surface area contributed by atoms with Crippen LogP contribution in [0.2, 0.25) is 0 Å². The standard InChI is InChI=1S/C16H20N4O3/c1-19-11-17-14-13(19)15(21)20(16(22)18-14)9-5-3-2-4-7-12-8-6-10-23-12/h6,8,10-11H,2-5,7,9H2,1H3,(H,18,22)/p-1. The molecule has 0 aliphatic carbocycles. The molecular formula is C16H19N4O3-. The average molecular weight is 315 g/mol. The van der Waals surface area contributed by atoms with E-state index < -0.39 is 6.01 Å². The van der Waals surface area contributed by atoms with Gasteiger partial charge in [-0.05, 0) is 25.0 Å². The van der Waals surface area contributed by atoms with Crippen LogP contribution < -0.4 is 10.7 Å². The molecule has 0 aliphatic heterocycles. The van der Waals surface area contributed by atoms with Crippen LogP contribution >= 0.6 is 0 Å². The van der Waals surface area contributed by atoms with Crippen molar-refractivity contribution in [2.75, 3.05) is 0 Å². The first kappa shape index (κ1) is 15.3. The van der Waals surface area contributed by atoms with E-state index >= 15 is 0 Å².